The number of likely N-dealkylation sites (N-methyl/N-ethyl adjacent to an activating group) is 1. The van der Waals surface area contributed by atoms with E-state index in [-0.39, 0.29) is 0 Å². The molecule has 0 aromatic carbocycles. The molecular formula is C14H30N2O2. The second kappa shape index (κ2) is 10.7. The predicted octanol–water partition coefficient (Wildman–Crippen LogP) is 1.50. The van der Waals surface area contributed by atoms with Crippen LogP contribution in [-0.2, 0) is 9.47 Å². The third-order valence-corrected chi connectivity index (χ3v) is 3.52. The molecule has 0 saturated carbocycles. The second-order valence-electron chi connectivity index (χ2n) is 5.04. The van der Waals surface area contributed by atoms with Crippen LogP contribution in [0.5, 0.6) is 0 Å². The van der Waals surface area contributed by atoms with Crippen LogP contribution >= 0.6 is 0 Å². The van der Waals surface area contributed by atoms with Gasteiger partial charge in [-0.15, -0.1) is 0 Å². The molecule has 1 aliphatic rings. The van der Waals surface area contributed by atoms with Crippen LogP contribution in [-0.4, -0.2) is 64.1 Å². The van der Waals surface area contributed by atoms with Crippen LogP contribution in [0.2, 0.25) is 0 Å². The zero-order valence-corrected chi connectivity index (χ0v) is 12.1. The van der Waals surface area contributed by atoms with Crippen LogP contribution in [0.15, 0.2) is 0 Å². The van der Waals surface area contributed by atoms with Crippen LogP contribution in [0, 0.1) is 0 Å². The summed E-state index contributed by atoms with van der Waals surface area (Å²) in [5, 5.41) is 3.43. The van der Waals surface area contributed by atoms with E-state index in [1.807, 2.05) is 0 Å². The van der Waals surface area contributed by atoms with E-state index in [2.05, 4.69) is 24.2 Å². The van der Waals surface area contributed by atoms with Crippen molar-refractivity contribution in [2.24, 2.45) is 0 Å². The first kappa shape index (κ1) is 15.9. The molecule has 0 aliphatic carbocycles. The van der Waals surface area contributed by atoms with Gasteiger partial charge in [-0.2, -0.15) is 0 Å². The molecule has 1 N–H and O–H groups in total. The Labute approximate surface area is 112 Å². The van der Waals surface area contributed by atoms with Gasteiger partial charge in [0, 0.05) is 45.5 Å². The maximum absolute atomic E-state index is 5.50. The molecule has 0 atom stereocenters. The van der Waals surface area contributed by atoms with Crippen LogP contribution < -0.4 is 5.32 Å². The summed E-state index contributed by atoms with van der Waals surface area (Å²) < 4.78 is 10.9. The maximum Gasteiger partial charge on any atom is 0.0590 e. The van der Waals surface area contributed by atoms with Gasteiger partial charge in [0.15, 0.2) is 0 Å². The van der Waals surface area contributed by atoms with Crippen LogP contribution in [0.1, 0.15) is 32.6 Å². The second-order valence-corrected chi connectivity index (χ2v) is 5.04. The zero-order chi connectivity index (χ0) is 13.1. The van der Waals surface area contributed by atoms with Crippen molar-refractivity contribution in [3.05, 3.63) is 0 Å². The molecule has 0 spiro atoms. The van der Waals surface area contributed by atoms with E-state index in [0.29, 0.717) is 6.04 Å². The predicted molar refractivity (Wildman–Crippen MR) is 75.1 cm³/mol. The molecule has 18 heavy (non-hydrogen) atoms. The Morgan fingerprint density at radius 1 is 1.22 bits per heavy atom. The van der Waals surface area contributed by atoms with Gasteiger partial charge in [-0.1, -0.05) is 13.3 Å². The largest absolute Gasteiger partial charge is 0.381 e. The number of nitrogens with one attached hydrogen (secondary N) is 1. The molecule has 0 unspecified atom stereocenters. The quantitative estimate of drug-likeness (QED) is 0.602. The van der Waals surface area contributed by atoms with E-state index in [4.69, 9.17) is 9.47 Å². The molecular weight excluding hydrogens is 228 g/mol. The van der Waals surface area contributed by atoms with Crippen LogP contribution in [0.25, 0.3) is 0 Å². The lowest BCUT2D eigenvalue weighted by molar-refractivity contribution is 0.0432. The summed E-state index contributed by atoms with van der Waals surface area (Å²) in [5.74, 6) is 0. The van der Waals surface area contributed by atoms with Gasteiger partial charge in [0.25, 0.3) is 0 Å². The normalized spacial score (nSPS) is 17.5. The fourth-order valence-electron chi connectivity index (χ4n) is 2.18. The fourth-order valence-corrected chi connectivity index (χ4v) is 2.18. The monoisotopic (exact) mass is 258 g/mol. The summed E-state index contributed by atoms with van der Waals surface area (Å²) in [6.45, 7) is 8.90. The van der Waals surface area contributed by atoms with Gasteiger partial charge in [0.1, 0.15) is 0 Å². The lowest BCUT2D eigenvalue weighted by Crippen LogP contribution is -2.40. The molecule has 1 saturated heterocycles. The number of hydrogen-bond donors (Lipinski definition) is 1. The number of hydrogen-bond acceptors (Lipinski definition) is 4. The molecule has 1 fully saturated rings. The zero-order valence-electron chi connectivity index (χ0n) is 12.1. The molecule has 108 valence electrons. The highest BCUT2D eigenvalue weighted by Gasteiger charge is 2.17. The molecule has 0 aromatic heterocycles. The SMILES string of the molecule is CCCCOCCNCCN(C)C1CCOCC1. The molecule has 0 amide bonds. The first-order valence-electron chi connectivity index (χ1n) is 7.41. The summed E-state index contributed by atoms with van der Waals surface area (Å²) in [5.41, 5.74) is 0. The summed E-state index contributed by atoms with van der Waals surface area (Å²) in [6, 6.07) is 0.710. The van der Waals surface area contributed by atoms with Crippen molar-refractivity contribution >= 4 is 0 Å². The highest BCUT2D eigenvalue weighted by atomic mass is 16.5. The van der Waals surface area contributed by atoms with E-state index in [0.717, 1.165) is 46.1 Å². The summed E-state index contributed by atoms with van der Waals surface area (Å²) in [7, 11) is 2.22. The minimum atomic E-state index is 0.710. The number of ether oxygens (including phenoxy) is 2. The number of nitrogens with zero attached hydrogens (tertiary/aromatic N) is 1. The molecule has 4 heteroatoms. The standard InChI is InChI=1S/C14H30N2O2/c1-3-4-10-17-13-8-15-7-9-16(2)14-5-11-18-12-6-14/h14-15H,3-13H2,1-2H3. The van der Waals surface area contributed by atoms with Gasteiger partial charge in [-0.05, 0) is 26.3 Å². The average molecular weight is 258 g/mol. The lowest BCUT2D eigenvalue weighted by Gasteiger charge is -2.31. The number of unbranched alkanes of at least 4 members (excludes halogenated alkanes) is 1. The van der Waals surface area contributed by atoms with E-state index in [9.17, 15) is 0 Å². The summed E-state index contributed by atoms with van der Waals surface area (Å²) in [6.07, 6.45) is 4.74. The van der Waals surface area contributed by atoms with Gasteiger partial charge in [0.05, 0.1) is 6.61 Å². The third kappa shape index (κ3) is 7.31. The first-order valence-corrected chi connectivity index (χ1v) is 7.41. The van der Waals surface area contributed by atoms with Crippen molar-refractivity contribution < 1.29 is 9.47 Å². The third-order valence-electron chi connectivity index (χ3n) is 3.52. The van der Waals surface area contributed by atoms with Crippen molar-refractivity contribution in [2.75, 3.05) is 53.1 Å². The first-order chi connectivity index (χ1) is 8.84. The Kier molecular flexibility index (Phi) is 9.48. The maximum atomic E-state index is 5.50. The van der Waals surface area contributed by atoms with Crippen molar-refractivity contribution in [2.45, 2.75) is 38.6 Å². The van der Waals surface area contributed by atoms with Crippen LogP contribution in [0.3, 0.4) is 0 Å². The molecule has 0 aromatic rings. The molecule has 0 radical (unpaired) electrons. The summed E-state index contributed by atoms with van der Waals surface area (Å²) in [4.78, 5) is 2.45. The molecule has 0 bridgehead atoms. The van der Waals surface area contributed by atoms with Crippen LogP contribution in [0.4, 0.5) is 0 Å². The van der Waals surface area contributed by atoms with Gasteiger partial charge < -0.3 is 19.7 Å². The Bertz CT molecular complexity index is 185. The smallest absolute Gasteiger partial charge is 0.0590 e. The van der Waals surface area contributed by atoms with Crippen molar-refractivity contribution in [3.63, 3.8) is 0 Å². The number of rotatable bonds is 10. The fraction of sp³-hybridized carbons (Fsp3) is 1.00. The minimum Gasteiger partial charge on any atom is -0.381 e. The van der Waals surface area contributed by atoms with Gasteiger partial charge in [-0.25, -0.2) is 0 Å². The average Bonchev–Trinajstić information content (AvgIpc) is 2.42. The summed E-state index contributed by atoms with van der Waals surface area (Å²) >= 11 is 0. The van der Waals surface area contributed by atoms with Crippen molar-refractivity contribution in [3.8, 4) is 0 Å². The highest BCUT2D eigenvalue weighted by Crippen LogP contribution is 2.11. The molecule has 1 heterocycles. The van der Waals surface area contributed by atoms with Gasteiger partial charge in [-0.3, -0.25) is 0 Å². The topological polar surface area (TPSA) is 33.7 Å². The van der Waals surface area contributed by atoms with E-state index < -0.39 is 0 Å². The Balaban J connectivity index is 1.87. The highest BCUT2D eigenvalue weighted by molar-refractivity contribution is 4.72. The van der Waals surface area contributed by atoms with Gasteiger partial charge >= 0.3 is 0 Å². The Hall–Kier alpha value is -0.160. The molecule has 1 aliphatic heterocycles. The van der Waals surface area contributed by atoms with E-state index in [1.54, 1.807) is 0 Å². The lowest BCUT2D eigenvalue weighted by atomic mass is 10.1. The van der Waals surface area contributed by atoms with Gasteiger partial charge in [0.2, 0.25) is 0 Å². The van der Waals surface area contributed by atoms with Crippen molar-refractivity contribution in [1.29, 1.82) is 0 Å². The van der Waals surface area contributed by atoms with Crippen molar-refractivity contribution in [1.82, 2.24) is 10.2 Å². The molecule has 4 nitrogen and oxygen atoms in total. The molecule has 1 rings (SSSR count). The van der Waals surface area contributed by atoms with E-state index in [1.165, 1.54) is 25.7 Å². The minimum absolute atomic E-state index is 0.710. The Morgan fingerprint density at radius 3 is 2.72 bits per heavy atom. The van der Waals surface area contributed by atoms with E-state index >= 15 is 0 Å². The Morgan fingerprint density at radius 2 is 2.00 bits per heavy atom.